The van der Waals surface area contributed by atoms with Gasteiger partial charge in [0.25, 0.3) is 0 Å². The summed E-state index contributed by atoms with van der Waals surface area (Å²) in [5.74, 6) is 0. The van der Waals surface area contributed by atoms with E-state index in [-0.39, 0.29) is 6.04 Å². The van der Waals surface area contributed by atoms with Crippen LogP contribution in [0.4, 0.5) is 5.69 Å². The van der Waals surface area contributed by atoms with Crippen LogP contribution in [0.3, 0.4) is 0 Å². The summed E-state index contributed by atoms with van der Waals surface area (Å²) in [6, 6.07) is 0.617. The molecule has 1 aliphatic rings. The quantitative estimate of drug-likeness (QED) is 0.639. The summed E-state index contributed by atoms with van der Waals surface area (Å²) in [6.07, 6.45) is 6.96. The molecule has 2 unspecified atom stereocenters. The van der Waals surface area contributed by atoms with Crippen molar-refractivity contribution in [2.45, 2.75) is 31.3 Å². The molecule has 2 rings (SSSR count). The van der Waals surface area contributed by atoms with Gasteiger partial charge in [-0.3, -0.25) is 4.68 Å². The lowest BCUT2D eigenvalue weighted by Crippen LogP contribution is -2.27. The number of nitrogens with zero attached hydrogens (tertiary/aromatic N) is 2. The lowest BCUT2D eigenvalue weighted by molar-refractivity contribution is 0.422. The highest BCUT2D eigenvalue weighted by Crippen LogP contribution is 2.28. The third-order valence-electron chi connectivity index (χ3n) is 2.49. The van der Waals surface area contributed by atoms with Crippen molar-refractivity contribution in [2.24, 2.45) is 5.73 Å². The first-order valence-electron chi connectivity index (χ1n) is 4.32. The molecule has 0 radical (unpaired) electrons. The summed E-state index contributed by atoms with van der Waals surface area (Å²) in [5.41, 5.74) is 12.2. The zero-order valence-electron chi connectivity index (χ0n) is 6.98. The second-order valence-corrected chi connectivity index (χ2v) is 3.42. The van der Waals surface area contributed by atoms with Gasteiger partial charge in [-0.05, 0) is 19.3 Å². The van der Waals surface area contributed by atoms with Gasteiger partial charge in [0.1, 0.15) is 0 Å². The first-order chi connectivity index (χ1) is 5.77. The number of hydrogen-bond acceptors (Lipinski definition) is 3. The van der Waals surface area contributed by atoms with Gasteiger partial charge >= 0.3 is 0 Å². The molecule has 1 aromatic rings. The standard InChI is InChI=1S/C8H14N4/c9-6-4-11-12(5-6)8-3-1-2-7(8)10/h4-5,7-8H,1-3,9-10H2. The van der Waals surface area contributed by atoms with Crippen molar-refractivity contribution < 1.29 is 0 Å². The third kappa shape index (κ3) is 1.18. The molecule has 0 bridgehead atoms. The minimum absolute atomic E-state index is 0.254. The second-order valence-electron chi connectivity index (χ2n) is 3.42. The largest absolute Gasteiger partial charge is 0.396 e. The van der Waals surface area contributed by atoms with Crippen LogP contribution < -0.4 is 11.5 Å². The normalized spacial score (nSPS) is 29.4. The van der Waals surface area contributed by atoms with Crippen LogP contribution in [-0.4, -0.2) is 15.8 Å². The van der Waals surface area contributed by atoms with E-state index in [1.54, 1.807) is 6.20 Å². The molecule has 2 atom stereocenters. The Balaban J connectivity index is 2.19. The molecule has 0 spiro atoms. The van der Waals surface area contributed by atoms with Crippen LogP contribution in [0.25, 0.3) is 0 Å². The van der Waals surface area contributed by atoms with Gasteiger partial charge in [0, 0.05) is 12.2 Å². The maximum atomic E-state index is 5.92. The van der Waals surface area contributed by atoms with Crippen molar-refractivity contribution in [1.82, 2.24) is 9.78 Å². The Kier molecular flexibility index (Phi) is 1.77. The van der Waals surface area contributed by atoms with Crippen LogP contribution in [-0.2, 0) is 0 Å². The maximum Gasteiger partial charge on any atom is 0.0719 e. The topological polar surface area (TPSA) is 69.9 Å². The molecule has 1 fully saturated rings. The van der Waals surface area contributed by atoms with E-state index in [0.29, 0.717) is 11.7 Å². The highest BCUT2D eigenvalue weighted by Gasteiger charge is 2.25. The molecule has 4 N–H and O–H groups in total. The fourth-order valence-electron chi connectivity index (χ4n) is 1.83. The summed E-state index contributed by atoms with van der Waals surface area (Å²) in [5, 5.41) is 4.16. The predicted molar refractivity (Wildman–Crippen MR) is 47.5 cm³/mol. The summed E-state index contributed by atoms with van der Waals surface area (Å²) in [4.78, 5) is 0. The first-order valence-corrected chi connectivity index (χ1v) is 4.32. The summed E-state index contributed by atoms with van der Waals surface area (Å²) < 4.78 is 1.90. The van der Waals surface area contributed by atoms with Crippen molar-refractivity contribution in [3.05, 3.63) is 12.4 Å². The molecule has 1 heterocycles. The van der Waals surface area contributed by atoms with E-state index in [0.717, 1.165) is 12.8 Å². The average molecular weight is 166 g/mol. The van der Waals surface area contributed by atoms with E-state index in [9.17, 15) is 0 Å². The van der Waals surface area contributed by atoms with Gasteiger partial charge in [0.2, 0.25) is 0 Å². The highest BCUT2D eigenvalue weighted by atomic mass is 15.3. The monoisotopic (exact) mass is 166 g/mol. The van der Waals surface area contributed by atoms with Crippen molar-refractivity contribution >= 4 is 5.69 Å². The number of rotatable bonds is 1. The summed E-state index contributed by atoms with van der Waals surface area (Å²) in [7, 11) is 0. The van der Waals surface area contributed by atoms with E-state index >= 15 is 0 Å². The molecule has 1 aliphatic carbocycles. The van der Waals surface area contributed by atoms with Crippen LogP contribution in [0.15, 0.2) is 12.4 Å². The van der Waals surface area contributed by atoms with E-state index < -0.39 is 0 Å². The van der Waals surface area contributed by atoms with Gasteiger partial charge in [-0.15, -0.1) is 0 Å². The first kappa shape index (κ1) is 7.61. The number of hydrogen-bond donors (Lipinski definition) is 2. The van der Waals surface area contributed by atoms with Crippen LogP contribution in [0.2, 0.25) is 0 Å². The van der Waals surface area contributed by atoms with Crippen molar-refractivity contribution in [2.75, 3.05) is 5.73 Å². The smallest absolute Gasteiger partial charge is 0.0719 e. The lowest BCUT2D eigenvalue weighted by Gasteiger charge is -2.15. The minimum atomic E-state index is 0.254. The molecular weight excluding hydrogens is 152 g/mol. The molecule has 4 heteroatoms. The van der Waals surface area contributed by atoms with Gasteiger partial charge in [0.15, 0.2) is 0 Å². The summed E-state index contributed by atoms with van der Waals surface area (Å²) >= 11 is 0. The molecule has 0 amide bonds. The van der Waals surface area contributed by atoms with Gasteiger partial charge in [-0.25, -0.2) is 0 Å². The molecule has 0 aromatic carbocycles. The van der Waals surface area contributed by atoms with E-state index in [1.807, 2.05) is 10.9 Å². The number of anilines is 1. The minimum Gasteiger partial charge on any atom is -0.396 e. The highest BCUT2D eigenvalue weighted by molar-refractivity contribution is 5.30. The van der Waals surface area contributed by atoms with Crippen molar-refractivity contribution in [1.29, 1.82) is 0 Å². The van der Waals surface area contributed by atoms with Crippen molar-refractivity contribution in [3.63, 3.8) is 0 Å². The molecule has 66 valence electrons. The zero-order chi connectivity index (χ0) is 8.55. The van der Waals surface area contributed by atoms with E-state index in [4.69, 9.17) is 11.5 Å². The Morgan fingerprint density at radius 1 is 1.50 bits per heavy atom. The number of aromatic nitrogens is 2. The Morgan fingerprint density at radius 3 is 2.83 bits per heavy atom. The Bertz CT molecular complexity index is 268. The SMILES string of the molecule is Nc1cnn(C2CCCC2N)c1. The molecule has 4 nitrogen and oxygen atoms in total. The third-order valence-corrected chi connectivity index (χ3v) is 2.49. The lowest BCUT2D eigenvalue weighted by atomic mass is 10.2. The van der Waals surface area contributed by atoms with Crippen molar-refractivity contribution in [3.8, 4) is 0 Å². The van der Waals surface area contributed by atoms with Gasteiger partial charge in [0.05, 0.1) is 17.9 Å². The number of nitrogen functional groups attached to an aromatic ring is 1. The molecule has 1 saturated carbocycles. The van der Waals surface area contributed by atoms with Crippen LogP contribution in [0.5, 0.6) is 0 Å². The average Bonchev–Trinajstić information content (AvgIpc) is 2.58. The van der Waals surface area contributed by atoms with Crippen LogP contribution in [0, 0.1) is 0 Å². The Labute approximate surface area is 71.5 Å². The predicted octanol–water partition coefficient (Wildman–Crippen LogP) is 0.518. The van der Waals surface area contributed by atoms with Gasteiger partial charge in [-0.1, -0.05) is 0 Å². The Hall–Kier alpha value is -1.03. The molecule has 1 aromatic heterocycles. The maximum absolute atomic E-state index is 5.92. The van der Waals surface area contributed by atoms with Crippen LogP contribution >= 0.6 is 0 Å². The second kappa shape index (κ2) is 2.79. The molecule has 0 saturated heterocycles. The summed E-state index contributed by atoms with van der Waals surface area (Å²) in [6.45, 7) is 0. The molecule has 12 heavy (non-hydrogen) atoms. The molecular formula is C8H14N4. The van der Waals surface area contributed by atoms with E-state index in [2.05, 4.69) is 5.10 Å². The van der Waals surface area contributed by atoms with Crippen LogP contribution in [0.1, 0.15) is 25.3 Å². The molecule has 0 aliphatic heterocycles. The zero-order valence-corrected chi connectivity index (χ0v) is 6.98. The van der Waals surface area contributed by atoms with Gasteiger partial charge in [-0.2, -0.15) is 5.10 Å². The number of nitrogens with two attached hydrogens (primary N) is 2. The van der Waals surface area contributed by atoms with Gasteiger partial charge < -0.3 is 11.5 Å². The van der Waals surface area contributed by atoms with E-state index in [1.165, 1.54) is 6.42 Å². The fraction of sp³-hybridized carbons (Fsp3) is 0.625. The Morgan fingerprint density at radius 2 is 2.33 bits per heavy atom. The fourth-order valence-corrected chi connectivity index (χ4v) is 1.83.